The van der Waals surface area contributed by atoms with E-state index in [-0.39, 0.29) is 9.87 Å². The van der Waals surface area contributed by atoms with Gasteiger partial charge in [0.2, 0.25) is 0 Å². The van der Waals surface area contributed by atoms with Gasteiger partial charge in [-0.05, 0) is 12.8 Å². The van der Waals surface area contributed by atoms with Gasteiger partial charge in [0, 0.05) is 13.1 Å². The third-order valence-corrected chi connectivity index (χ3v) is 3.07. The lowest BCUT2D eigenvalue weighted by molar-refractivity contribution is 0.933. The number of rotatable bonds is 1. The van der Waals surface area contributed by atoms with Crippen LogP contribution in [0.15, 0.2) is 4.79 Å². The highest BCUT2D eigenvalue weighted by molar-refractivity contribution is 7.13. The van der Waals surface area contributed by atoms with Crippen molar-refractivity contribution in [2.24, 2.45) is 0 Å². The van der Waals surface area contributed by atoms with Crippen LogP contribution in [0.5, 0.6) is 0 Å². The van der Waals surface area contributed by atoms with E-state index in [9.17, 15) is 4.79 Å². The van der Waals surface area contributed by atoms with Crippen LogP contribution in [0.1, 0.15) is 18.4 Å². The molecule has 6 heteroatoms. The molecule has 15 heavy (non-hydrogen) atoms. The summed E-state index contributed by atoms with van der Waals surface area (Å²) in [6.07, 6.45) is 2.14. The lowest BCUT2D eigenvalue weighted by atomic mass is 10.3. The van der Waals surface area contributed by atoms with Gasteiger partial charge >= 0.3 is 4.87 Å². The number of hydrogen-bond donors (Lipinski definition) is 1. The predicted molar refractivity (Wildman–Crippen MR) is 59.0 cm³/mol. The Morgan fingerprint density at radius 1 is 1.47 bits per heavy atom. The van der Waals surface area contributed by atoms with Crippen LogP contribution in [0.4, 0.5) is 10.8 Å². The minimum absolute atomic E-state index is 0.263. The zero-order chi connectivity index (χ0) is 10.8. The molecule has 1 aliphatic heterocycles. The molecule has 2 rings (SSSR count). The van der Waals surface area contributed by atoms with E-state index >= 15 is 0 Å². The summed E-state index contributed by atoms with van der Waals surface area (Å²) in [7, 11) is 0. The molecule has 0 unspecified atom stereocenters. The molecule has 0 atom stereocenters. The molecule has 0 aliphatic carbocycles. The summed E-state index contributed by atoms with van der Waals surface area (Å²) >= 11 is 0.818. The topological polar surface area (TPSA) is 83.0 Å². The lowest BCUT2D eigenvalue weighted by Gasteiger charge is -2.16. The molecular formula is C9H10N4OS. The standard InChI is InChI=1S/C9H10N4OS/c10-5-6-7(11)15-9(14)12-8(6)13-3-1-2-4-13/h1-4,11H2. The van der Waals surface area contributed by atoms with E-state index in [0.717, 1.165) is 37.3 Å². The maximum absolute atomic E-state index is 11.2. The number of anilines is 2. The van der Waals surface area contributed by atoms with E-state index in [0.29, 0.717) is 11.4 Å². The molecule has 2 N–H and O–H groups in total. The fourth-order valence-electron chi connectivity index (χ4n) is 1.68. The summed E-state index contributed by atoms with van der Waals surface area (Å²) in [6, 6.07) is 2.01. The Hall–Kier alpha value is -1.61. The van der Waals surface area contributed by atoms with Crippen molar-refractivity contribution < 1.29 is 0 Å². The third kappa shape index (κ3) is 1.78. The van der Waals surface area contributed by atoms with Crippen molar-refractivity contribution in [3.8, 4) is 6.07 Å². The molecule has 0 aromatic carbocycles. The zero-order valence-electron chi connectivity index (χ0n) is 8.06. The zero-order valence-corrected chi connectivity index (χ0v) is 8.88. The molecule has 5 nitrogen and oxygen atoms in total. The van der Waals surface area contributed by atoms with Crippen LogP contribution in [0, 0.1) is 11.3 Å². The smallest absolute Gasteiger partial charge is 0.330 e. The Morgan fingerprint density at radius 3 is 2.73 bits per heavy atom. The van der Waals surface area contributed by atoms with Crippen LogP contribution in [0.2, 0.25) is 0 Å². The summed E-state index contributed by atoms with van der Waals surface area (Å²) in [4.78, 5) is 16.7. The maximum atomic E-state index is 11.2. The molecule has 1 saturated heterocycles. The van der Waals surface area contributed by atoms with Gasteiger partial charge in [0.25, 0.3) is 0 Å². The Morgan fingerprint density at radius 2 is 2.13 bits per heavy atom. The summed E-state index contributed by atoms with van der Waals surface area (Å²) in [5.41, 5.74) is 5.96. The van der Waals surface area contributed by atoms with E-state index in [1.54, 1.807) is 0 Å². The minimum atomic E-state index is -0.339. The summed E-state index contributed by atoms with van der Waals surface area (Å²) in [5, 5.41) is 9.22. The molecule has 1 aromatic rings. The Labute approximate surface area is 90.8 Å². The number of hydrogen-bond acceptors (Lipinski definition) is 6. The van der Waals surface area contributed by atoms with E-state index in [1.807, 2.05) is 11.0 Å². The Bertz CT molecular complexity index is 470. The highest BCUT2D eigenvalue weighted by Gasteiger charge is 2.19. The van der Waals surface area contributed by atoms with Crippen molar-refractivity contribution in [3.63, 3.8) is 0 Å². The van der Waals surface area contributed by atoms with Crippen molar-refractivity contribution in [2.45, 2.75) is 12.8 Å². The molecule has 1 aromatic heterocycles. The number of nitrogens with zero attached hydrogens (tertiary/aromatic N) is 3. The lowest BCUT2D eigenvalue weighted by Crippen LogP contribution is -2.23. The Kier molecular flexibility index (Phi) is 2.56. The largest absolute Gasteiger partial charge is 0.389 e. The van der Waals surface area contributed by atoms with Gasteiger partial charge in [-0.25, -0.2) is 0 Å². The van der Waals surface area contributed by atoms with Crippen molar-refractivity contribution in [1.82, 2.24) is 4.98 Å². The Balaban J connectivity index is 2.53. The second-order valence-electron chi connectivity index (χ2n) is 3.35. The van der Waals surface area contributed by atoms with Crippen molar-refractivity contribution in [3.05, 3.63) is 15.2 Å². The molecule has 0 bridgehead atoms. The first-order valence-corrected chi connectivity index (χ1v) is 5.49. The van der Waals surface area contributed by atoms with E-state index in [4.69, 9.17) is 11.0 Å². The van der Waals surface area contributed by atoms with Crippen LogP contribution in [0.3, 0.4) is 0 Å². The van der Waals surface area contributed by atoms with Crippen molar-refractivity contribution in [1.29, 1.82) is 5.26 Å². The van der Waals surface area contributed by atoms with Crippen molar-refractivity contribution in [2.75, 3.05) is 23.7 Å². The molecule has 1 aliphatic rings. The first kappa shape index (κ1) is 9.93. The first-order valence-electron chi connectivity index (χ1n) is 4.68. The highest BCUT2D eigenvalue weighted by Crippen LogP contribution is 2.25. The van der Waals surface area contributed by atoms with Crippen LogP contribution in [0.25, 0.3) is 0 Å². The molecule has 2 heterocycles. The fraction of sp³-hybridized carbons (Fsp3) is 0.444. The van der Waals surface area contributed by atoms with Gasteiger partial charge in [0.05, 0.1) is 0 Å². The van der Waals surface area contributed by atoms with Crippen LogP contribution >= 0.6 is 11.3 Å². The van der Waals surface area contributed by atoms with Crippen LogP contribution < -0.4 is 15.5 Å². The molecule has 0 saturated carbocycles. The van der Waals surface area contributed by atoms with Crippen molar-refractivity contribution >= 4 is 22.2 Å². The predicted octanol–water partition coefficient (Wildman–Crippen LogP) is 0.557. The van der Waals surface area contributed by atoms with Crippen LogP contribution in [-0.2, 0) is 0 Å². The van der Waals surface area contributed by atoms with Gasteiger partial charge < -0.3 is 10.6 Å². The summed E-state index contributed by atoms with van der Waals surface area (Å²) in [6.45, 7) is 1.68. The normalized spacial score (nSPS) is 15.3. The van der Waals surface area contributed by atoms with E-state index < -0.39 is 0 Å². The number of nitriles is 1. The second-order valence-corrected chi connectivity index (χ2v) is 4.34. The monoisotopic (exact) mass is 222 g/mol. The van der Waals surface area contributed by atoms with Gasteiger partial charge in [0.15, 0.2) is 5.82 Å². The summed E-state index contributed by atoms with van der Waals surface area (Å²) in [5.74, 6) is 0.455. The maximum Gasteiger partial charge on any atom is 0.330 e. The van der Waals surface area contributed by atoms with Crippen LogP contribution in [-0.4, -0.2) is 18.1 Å². The first-order chi connectivity index (χ1) is 7.22. The van der Waals surface area contributed by atoms with E-state index in [2.05, 4.69) is 4.98 Å². The molecule has 1 fully saturated rings. The molecule has 0 amide bonds. The molecular weight excluding hydrogens is 212 g/mol. The SMILES string of the molecule is N#Cc1c(N2CCCC2)nc(=O)sc1N. The molecule has 0 radical (unpaired) electrons. The number of nitrogens with two attached hydrogens (primary N) is 1. The van der Waals surface area contributed by atoms with Gasteiger partial charge in [-0.3, -0.25) is 4.79 Å². The average Bonchev–Trinajstić information content (AvgIpc) is 2.69. The minimum Gasteiger partial charge on any atom is -0.389 e. The van der Waals surface area contributed by atoms with Gasteiger partial charge in [-0.2, -0.15) is 10.2 Å². The highest BCUT2D eigenvalue weighted by atomic mass is 32.1. The average molecular weight is 222 g/mol. The molecule has 0 spiro atoms. The van der Waals surface area contributed by atoms with Gasteiger partial charge in [0.1, 0.15) is 16.6 Å². The molecule has 78 valence electrons. The van der Waals surface area contributed by atoms with E-state index in [1.165, 1.54) is 0 Å². The number of nitrogen functional groups attached to an aromatic ring is 1. The van der Waals surface area contributed by atoms with Gasteiger partial charge in [-0.1, -0.05) is 11.3 Å². The fourth-order valence-corrected chi connectivity index (χ4v) is 2.24. The van der Waals surface area contributed by atoms with Gasteiger partial charge in [-0.15, -0.1) is 0 Å². The second kappa shape index (κ2) is 3.87. The third-order valence-electron chi connectivity index (χ3n) is 2.38. The number of aromatic nitrogens is 1. The summed E-state index contributed by atoms with van der Waals surface area (Å²) < 4.78 is 0. The quantitative estimate of drug-likeness (QED) is 0.750.